The van der Waals surface area contributed by atoms with Gasteiger partial charge in [0.25, 0.3) is 0 Å². The second kappa shape index (κ2) is 5.57. The molecule has 124 valence electrons. The minimum absolute atomic E-state index is 0.0482. The van der Waals surface area contributed by atoms with Gasteiger partial charge in [-0.2, -0.15) is 4.31 Å². The number of carboxylic acids is 1. The highest BCUT2D eigenvalue weighted by Gasteiger charge is 2.37. The van der Waals surface area contributed by atoms with Crippen molar-refractivity contribution in [3.8, 4) is 0 Å². The van der Waals surface area contributed by atoms with Gasteiger partial charge in [0.2, 0.25) is 15.9 Å². The highest BCUT2D eigenvalue weighted by atomic mass is 32.2. The number of benzene rings is 1. The summed E-state index contributed by atoms with van der Waals surface area (Å²) in [7, 11) is -4.10. The lowest BCUT2D eigenvalue weighted by Gasteiger charge is -2.21. The van der Waals surface area contributed by atoms with Gasteiger partial charge in [-0.1, -0.05) is 0 Å². The maximum absolute atomic E-state index is 14.2. The molecule has 0 aliphatic carbocycles. The molecule has 9 heteroatoms. The van der Waals surface area contributed by atoms with Gasteiger partial charge in [0.15, 0.2) is 0 Å². The maximum atomic E-state index is 14.2. The molecule has 0 aromatic heterocycles. The molecule has 2 heterocycles. The molecular formula is C14H15FN2O5S. The number of nitrogens with one attached hydrogen (secondary N) is 1. The SMILES string of the molecule is O=C1CCc2cc(S(=O)(=O)N3CCC(C(=O)O)C3)c(F)cc2N1. The third-order valence-electron chi connectivity index (χ3n) is 4.17. The number of carbonyl (C=O) groups is 2. The van der Waals surface area contributed by atoms with Crippen LogP contribution in [0.25, 0.3) is 0 Å². The number of aliphatic carboxylic acids is 1. The van der Waals surface area contributed by atoms with Crippen LogP contribution in [0.1, 0.15) is 18.4 Å². The number of amides is 1. The lowest BCUT2D eigenvalue weighted by atomic mass is 10.0. The fraction of sp³-hybridized carbons (Fsp3) is 0.429. The van der Waals surface area contributed by atoms with Crippen LogP contribution in [0.3, 0.4) is 0 Å². The molecule has 2 aliphatic heterocycles. The maximum Gasteiger partial charge on any atom is 0.307 e. The van der Waals surface area contributed by atoms with Crippen molar-refractivity contribution >= 4 is 27.6 Å². The number of carbonyl (C=O) groups excluding carboxylic acids is 1. The summed E-state index contributed by atoms with van der Waals surface area (Å²) >= 11 is 0. The number of halogens is 1. The Morgan fingerprint density at radius 2 is 2.09 bits per heavy atom. The molecule has 1 atom stereocenters. The molecule has 2 aliphatic rings. The van der Waals surface area contributed by atoms with Crippen molar-refractivity contribution in [2.75, 3.05) is 18.4 Å². The van der Waals surface area contributed by atoms with Crippen molar-refractivity contribution in [2.45, 2.75) is 24.2 Å². The van der Waals surface area contributed by atoms with E-state index in [1.807, 2.05) is 0 Å². The average molecular weight is 342 g/mol. The van der Waals surface area contributed by atoms with E-state index in [0.717, 1.165) is 10.4 Å². The van der Waals surface area contributed by atoms with E-state index in [0.29, 0.717) is 12.0 Å². The first-order chi connectivity index (χ1) is 10.8. The Kier molecular flexibility index (Phi) is 3.85. The van der Waals surface area contributed by atoms with Gasteiger partial charge in [-0.15, -0.1) is 0 Å². The predicted octanol–water partition coefficient (Wildman–Crippen LogP) is 0.806. The Labute approximate surface area is 132 Å². The molecule has 0 spiro atoms. The number of rotatable bonds is 3. The summed E-state index contributed by atoms with van der Waals surface area (Å²) in [6, 6.07) is 2.23. The van der Waals surface area contributed by atoms with Gasteiger partial charge in [0.1, 0.15) is 10.7 Å². The van der Waals surface area contributed by atoms with Crippen molar-refractivity contribution in [1.82, 2.24) is 4.31 Å². The number of fused-ring (bicyclic) bond motifs is 1. The quantitative estimate of drug-likeness (QED) is 0.846. The lowest BCUT2D eigenvalue weighted by molar-refractivity contribution is -0.141. The number of anilines is 1. The molecule has 0 radical (unpaired) electrons. The van der Waals surface area contributed by atoms with Gasteiger partial charge in [0.05, 0.1) is 5.92 Å². The highest BCUT2D eigenvalue weighted by Crippen LogP contribution is 2.31. The number of nitrogens with zero attached hydrogens (tertiary/aromatic N) is 1. The molecule has 1 fully saturated rings. The van der Waals surface area contributed by atoms with Crippen LogP contribution in [-0.2, 0) is 26.0 Å². The zero-order chi connectivity index (χ0) is 16.8. The standard InChI is InChI=1S/C14H15FN2O5S/c15-10-6-11-8(1-2-13(18)16-11)5-12(10)23(21,22)17-4-3-9(7-17)14(19)20/h5-6,9H,1-4,7H2,(H,16,18)(H,19,20). The van der Waals surface area contributed by atoms with E-state index in [1.165, 1.54) is 6.07 Å². The van der Waals surface area contributed by atoms with Crippen molar-refractivity contribution < 1.29 is 27.5 Å². The van der Waals surface area contributed by atoms with Crippen molar-refractivity contribution in [1.29, 1.82) is 0 Å². The van der Waals surface area contributed by atoms with Crippen molar-refractivity contribution in [3.05, 3.63) is 23.5 Å². The van der Waals surface area contributed by atoms with E-state index < -0.39 is 32.6 Å². The molecule has 1 aromatic carbocycles. The van der Waals surface area contributed by atoms with Crippen LogP contribution in [0.2, 0.25) is 0 Å². The first-order valence-corrected chi connectivity index (χ1v) is 8.58. The Balaban J connectivity index is 1.95. The van der Waals surface area contributed by atoms with Gasteiger partial charge in [0, 0.05) is 25.2 Å². The van der Waals surface area contributed by atoms with Crippen LogP contribution >= 0.6 is 0 Å². The number of carboxylic acid groups (broad SMARTS) is 1. The van der Waals surface area contributed by atoms with Crippen LogP contribution in [0, 0.1) is 11.7 Å². The van der Waals surface area contributed by atoms with E-state index in [2.05, 4.69) is 5.32 Å². The second-order valence-electron chi connectivity index (χ2n) is 5.67. The smallest absolute Gasteiger partial charge is 0.307 e. The van der Waals surface area contributed by atoms with Crippen LogP contribution in [0.15, 0.2) is 17.0 Å². The first-order valence-electron chi connectivity index (χ1n) is 7.14. The van der Waals surface area contributed by atoms with Crippen LogP contribution in [0.5, 0.6) is 0 Å². The number of sulfonamides is 1. The Hall–Kier alpha value is -2.00. The zero-order valence-corrected chi connectivity index (χ0v) is 12.9. The zero-order valence-electron chi connectivity index (χ0n) is 12.1. The third-order valence-corrected chi connectivity index (χ3v) is 6.05. The first kappa shape index (κ1) is 15.9. The van der Waals surface area contributed by atoms with E-state index in [4.69, 9.17) is 5.11 Å². The Bertz CT molecular complexity index is 793. The molecule has 3 rings (SSSR count). The molecule has 2 N–H and O–H groups in total. The van der Waals surface area contributed by atoms with Crippen LogP contribution < -0.4 is 5.32 Å². The van der Waals surface area contributed by atoms with Crippen molar-refractivity contribution in [3.63, 3.8) is 0 Å². The summed E-state index contributed by atoms with van der Waals surface area (Å²) in [6.07, 6.45) is 0.752. The Morgan fingerprint density at radius 3 is 2.74 bits per heavy atom. The van der Waals surface area contributed by atoms with Gasteiger partial charge in [-0.25, -0.2) is 12.8 Å². The van der Waals surface area contributed by atoms with E-state index in [1.54, 1.807) is 0 Å². The number of hydrogen-bond acceptors (Lipinski definition) is 4. The summed E-state index contributed by atoms with van der Waals surface area (Å²) in [4.78, 5) is 21.8. The van der Waals surface area contributed by atoms with E-state index in [-0.39, 0.29) is 37.5 Å². The summed E-state index contributed by atoms with van der Waals surface area (Å²) < 4.78 is 40.4. The minimum Gasteiger partial charge on any atom is -0.481 e. The van der Waals surface area contributed by atoms with Gasteiger partial charge >= 0.3 is 5.97 Å². The van der Waals surface area contributed by atoms with Gasteiger partial charge in [-0.05, 0) is 30.5 Å². The molecule has 1 amide bonds. The minimum atomic E-state index is -4.10. The van der Waals surface area contributed by atoms with Gasteiger partial charge in [-0.3, -0.25) is 9.59 Å². The van der Waals surface area contributed by atoms with E-state index in [9.17, 15) is 22.4 Å². The molecular weight excluding hydrogens is 327 g/mol. The molecule has 1 aromatic rings. The van der Waals surface area contributed by atoms with Crippen LogP contribution in [-0.4, -0.2) is 42.8 Å². The summed E-state index contributed by atoms with van der Waals surface area (Å²) in [6.45, 7) is -0.114. The topological polar surface area (TPSA) is 104 Å². The summed E-state index contributed by atoms with van der Waals surface area (Å²) in [5, 5.41) is 11.5. The molecule has 1 unspecified atom stereocenters. The lowest BCUT2D eigenvalue weighted by Crippen LogP contribution is -2.31. The highest BCUT2D eigenvalue weighted by molar-refractivity contribution is 7.89. The largest absolute Gasteiger partial charge is 0.481 e. The normalized spacial score (nSPS) is 21.8. The van der Waals surface area contributed by atoms with Gasteiger partial charge < -0.3 is 10.4 Å². The van der Waals surface area contributed by atoms with E-state index >= 15 is 0 Å². The fourth-order valence-electron chi connectivity index (χ4n) is 2.86. The van der Waals surface area contributed by atoms with Crippen LogP contribution in [0.4, 0.5) is 10.1 Å². The predicted molar refractivity (Wildman–Crippen MR) is 77.9 cm³/mol. The number of aryl methyl sites for hydroxylation is 1. The molecule has 23 heavy (non-hydrogen) atoms. The second-order valence-corrected chi connectivity index (χ2v) is 7.58. The molecule has 7 nitrogen and oxygen atoms in total. The third kappa shape index (κ3) is 2.81. The molecule has 1 saturated heterocycles. The average Bonchev–Trinajstić information content (AvgIpc) is 2.97. The van der Waals surface area contributed by atoms with Crippen molar-refractivity contribution in [2.24, 2.45) is 5.92 Å². The monoisotopic (exact) mass is 342 g/mol. The molecule has 0 bridgehead atoms. The summed E-state index contributed by atoms with van der Waals surface area (Å²) in [5.41, 5.74) is 0.834. The summed E-state index contributed by atoms with van der Waals surface area (Å²) in [5.74, 6) is -3.03. The Morgan fingerprint density at radius 1 is 1.35 bits per heavy atom. The molecule has 0 saturated carbocycles. The number of hydrogen-bond donors (Lipinski definition) is 2. The fourth-order valence-corrected chi connectivity index (χ4v) is 4.46.